The van der Waals surface area contributed by atoms with Crippen LogP contribution in [0.15, 0.2) is 18.6 Å². The van der Waals surface area contributed by atoms with Crippen molar-refractivity contribution < 1.29 is 0 Å². The van der Waals surface area contributed by atoms with Gasteiger partial charge in [-0.15, -0.1) is 0 Å². The molecule has 1 N–H and O–H groups in total. The van der Waals surface area contributed by atoms with Gasteiger partial charge in [-0.2, -0.15) is 0 Å². The first-order chi connectivity index (χ1) is 6.27. The van der Waals surface area contributed by atoms with E-state index in [9.17, 15) is 0 Å². The van der Waals surface area contributed by atoms with E-state index in [-0.39, 0.29) is 0 Å². The van der Waals surface area contributed by atoms with Crippen molar-refractivity contribution in [2.75, 3.05) is 0 Å². The minimum Gasteiger partial charge on any atom is -0.344 e. The summed E-state index contributed by atoms with van der Waals surface area (Å²) >= 11 is 0. The first-order valence-electron chi connectivity index (χ1n) is 4.54. The van der Waals surface area contributed by atoms with Crippen LogP contribution in [-0.4, -0.2) is 15.0 Å². The molecule has 2 aromatic heterocycles. The Hall–Kier alpha value is -1.38. The molecule has 0 aliphatic heterocycles. The van der Waals surface area contributed by atoms with E-state index in [0.717, 1.165) is 23.1 Å². The van der Waals surface area contributed by atoms with E-state index >= 15 is 0 Å². The van der Waals surface area contributed by atoms with Crippen LogP contribution in [0.2, 0.25) is 0 Å². The zero-order valence-corrected chi connectivity index (χ0v) is 7.91. The second-order valence-corrected chi connectivity index (χ2v) is 3.65. The van der Waals surface area contributed by atoms with Gasteiger partial charge in [0.05, 0.1) is 17.5 Å². The maximum Gasteiger partial charge on any atom is 0.110 e. The second-order valence-electron chi connectivity index (χ2n) is 3.65. The van der Waals surface area contributed by atoms with Crippen LogP contribution >= 0.6 is 0 Å². The van der Waals surface area contributed by atoms with E-state index in [1.807, 2.05) is 12.3 Å². The second kappa shape index (κ2) is 3.17. The van der Waals surface area contributed by atoms with Crippen LogP contribution in [0.1, 0.15) is 19.5 Å². The molecule has 0 saturated heterocycles. The number of imidazole rings is 1. The van der Waals surface area contributed by atoms with Crippen molar-refractivity contribution in [1.29, 1.82) is 0 Å². The fraction of sp³-hybridized carbons (Fsp3) is 0.400. The molecular formula is C10H13N3. The highest BCUT2D eigenvalue weighted by Crippen LogP contribution is 2.14. The molecule has 2 aromatic rings. The highest BCUT2D eigenvalue weighted by atomic mass is 14.9. The minimum atomic E-state index is 0.620. The van der Waals surface area contributed by atoms with Gasteiger partial charge in [-0.05, 0) is 18.4 Å². The lowest BCUT2D eigenvalue weighted by Gasteiger charge is -2.03. The molecule has 2 rings (SSSR count). The number of aromatic nitrogens is 3. The number of nitrogens with zero attached hydrogens (tertiary/aromatic N) is 2. The molecule has 0 aliphatic carbocycles. The van der Waals surface area contributed by atoms with Gasteiger partial charge in [0, 0.05) is 6.20 Å². The SMILES string of the molecule is CC(C)Cc1nccc2[nH]cnc12. The Kier molecular flexibility index (Phi) is 2.00. The van der Waals surface area contributed by atoms with Crippen molar-refractivity contribution in [1.82, 2.24) is 15.0 Å². The Morgan fingerprint density at radius 2 is 2.23 bits per heavy atom. The first-order valence-corrected chi connectivity index (χ1v) is 4.54. The summed E-state index contributed by atoms with van der Waals surface area (Å²) in [6.07, 6.45) is 4.54. The highest BCUT2D eigenvalue weighted by Gasteiger charge is 2.05. The molecule has 68 valence electrons. The van der Waals surface area contributed by atoms with E-state index in [1.165, 1.54) is 0 Å². The van der Waals surface area contributed by atoms with Gasteiger partial charge >= 0.3 is 0 Å². The van der Waals surface area contributed by atoms with Crippen LogP contribution in [-0.2, 0) is 6.42 Å². The molecule has 2 heterocycles. The van der Waals surface area contributed by atoms with Gasteiger partial charge < -0.3 is 4.98 Å². The van der Waals surface area contributed by atoms with E-state index < -0.39 is 0 Å². The number of hydrogen-bond acceptors (Lipinski definition) is 2. The van der Waals surface area contributed by atoms with Crippen molar-refractivity contribution in [2.45, 2.75) is 20.3 Å². The third-order valence-corrected chi connectivity index (χ3v) is 2.02. The number of pyridine rings is 1. The Bertz CT molecular complexity index is 403. The van der Waals surface area contributed by atoms with Crippen LogP contribution in [0.25, 0.3) is 11.0 Å². The molecule has 0 radical (unpaired) electrons. The molecule has 3 heteroatoms. The molecule has 0 aromatic carbocycles. The van der Waals surface area contributed by atoms with Gasteiger partial charge in [-0.25, -0.2) is 4.98 Å². The van der Waals surface area contributed by atoms with Crippen molar-refractivity contribution >= 4 is 11.0 Å². The lowest BCUT2D eigenvalue weighted by Crippen LogP contribution is -1.97. The molecule has 0 aliphatic rings. The zero-order chi connectivity index (χ0) is 9.26. The average molecular weight is 175 g/mol. The van der Waals surface area contributed by atoms with Crippen LogP contribution in [0, 0.1) is 5.92 Å². The third kappa shape index (κ3) is 1.54. The van der Waals surface area contributed by atoms with E-state index in [2.05, 4.69) is 28.8 Å². The van der Waals surface area contributed by atoms with Crippen LogP contribution in [0.3, 0.4) is 0 Å². The van der Waals surface area contributed by atoms with Crippen molar-refractivity contribution in [3.8, 4) is 0 Å². The van der Waals surface area contributed by atoms with Crippen molar-refractivity contribution in [3.05, 3.63) is 24.3 Å². The quantitative estimate of drug-likeness (QED) is 0.759. The van der Waals surface area contributed by atoms with Gasteiger partial charge in [0.25, 0.3) is 0 Å². The molecule has 3 nitrogen and oxygen atoms in total. The Labute approximate surface area is 77.2 Å². The molecule has 0 unspecified atom stereocenters. The third-order valence-electron chi connectivity index (χ3n) is 2.02. The van der Waals surface area contributed by atoms with Crippen LogP contribution in [0.4, 0.5) is 0 Å². The van der Waals surface area contributed by atoms with Crippen molar-refractivity contribution in [2.24, 2.45) is 5.92 Å². The van der Waals surface area contributed by atoms with E-state index in [0.29, 0.717) is 5.92 Å². The maximum atomic E-state index is 4.34. The molecule has 0 fully saturated rings. The van der Waals surface area contributed by atoms with Crippen LogP contribution in [0.5, 0.6) is 0 Å². The summed E-state index contributed by atoms with van der Waals surface area (Å²) in [7, 11) is 0. The standard InChI is InChI=1S/C10H13N3/c1-7(2)5-9-10-8(3-4-11-9)12-6-13-10/h3-4,6-7H,5H2,1-2H3,(H,12,13). The van der Waals surface area contributed by atoms with Crippen molar-refractivity contribution in [3.63, 3.8) is 0 Å². The molecule has 0 spiro atoms. The molecule has 0 amide bonds. The number of hydrogen-bond donors (Lipinski definition) is 1. The van der Waals surface area contributed by atoms with Gasteiger partial charge in [-0.3, -0.25) is 4.98 Å². The van der Waals surface area contributed by atoms with Crippen LogP contribution < -0.4 is 0 Å². The number of H-pyrrole nitrogens is 1. The zero-order valence-electron chi connectivity index (χ0n) is 7.91. The summed E-state index contributed by atoms with van der Waals surface area (Å²) in [5, 5.41) is 0. The van der Waals surface area contributed by atoms with E-state index in [4.69, 9.17) is 0 Å². The number of fused-ring (bicyclic) bond motifs is 1. The number of nitrogens with one attached hydrogen (secondary N) is 1. The summed E-state index contributed by atoms with van der Waals surface area (Å²) in [6, 6.07) is 1.95. The lowest BCUT2D eigenvalue weighted by atomic mass is 10.1. The summed E-state index contributed by atoms with van der Waals surface area (Å²) in [5.74, 6) is 0.620. The molecule has 0 saturated carbocycles. The van der Waals surface area contributed by atoms with Gasteiger partial charge in [0.15, 0.2) is 0 Å². The molecule has 0 atom stereocenters. The summed E-state index contributed by atoms with van der Waals surface area (Å²) in [4.78, 5) is 11.7. The Balaban J connectivity index is 2.48. The predicted octanol–water partition coefficient (Wildman–Crippen LogP) is 2.16. The number of rotatable bonds is 2. The summed E-state index contributed by atoms with van der Waals surface area (Å²) in [5.41, 5.74) is 3.18. The summed E-state index contributed by atoms with van der Waals surface area (Å²) in [6.45, 7) is 4.38. The Morgan fingerprint density at radius 1 is 1.38 bits per heavy atom. The van der Waals surface area contributed by atoms with Gasteiger partial charge in [0.1, 0.15) is 5.52 Å². The largest absolute Gasteiger partial charge is 0.344 e. The maximum absolute atomic E-state index is 4.34. The fourth-order valence-corrected chi connectivity index (χ4v) is 1.46. The summed E-state index contributed by atoms with van der Waals surface area (Å²) < 4.78 is 0. The monoisotopic (exact) mass is 175 g/mol. The normalized spacial score (nSPS) is 11.3. The molecule has 0 bridgehead atoms. The Morgan fingerprint density at radius 3 is 3.00 bits per heavy atom. The lowest BCUT2D eigenvalue weighted by molar-refractivity contribution is 0.638. The van der Waals surface area contributed by atoms with E-state index in [1.54, 1.807) is 6.33 Å². The minimum absolute atomic E-state index is 0.620. The molecule has 13 heavy (non-hydrogen) atoms. The topological polar surface area (TPSA) is 41.6 Å². The van der Waals surface area contributed by atoms with Gasteiger partial charge in [0.2, 0.25) is 0 Å². The van der Waals surface area contributed by atoms with Gasteiger partial charge in [-0.1, -0.05) is 13.8 Å². The first kappa shape index (κ1) is 8.23. The highest BCUT2D eigenvalue weighted by molar-refractivity contribution is 5.76. The smallest absolute Gasteiger partial charge is 0.110 e. The number of aromatic amines is 1. The predicted molar refractivity (Wildman–Crippen MR) is 52.4 cm³/mol. The molecular weight excluding hydrogens is 162 g/mol. The average Bonchev–Trinajstić information content (AvgIpc) is 2.51. The fourth-order valence-electron chi connectivity index (χ4n) is 1.46.